The highest BCUT2D eigenvalue weighted by atomic mass is 16.5. The van der Waals surface area contributed by atoms with E-state index in [2.05, 4.69) is 11.4 Å². The Hall–Kier alpha value is -2.87. The largest absolute Gasteiger partial charge is 0.504 e. The number of nitrogens with zero attached hydrogens (tertiary/aromatic N) is 1. The molecule has 1 atom stereocenters. The average Bonchev–Trinajstić information content (AvgIpc) is 2.48. The van der Waals surface area contributed by atoms with Gasteiger partial charge in [-0.25, -0.2) is 0 Å². The summed E-state index contributed by atoms with van der Waals surface area (Å²) in [5.41, 5.74) is 1.32. The van der Waals surface area contributed by atoms with Gasteiger partial charge in [-0.2, -0.15) is 5.26 Å². The van der Waals surface area contributed by atoms with Gasteiger partial charge < -0.3 is 20.3 Å². The number of methoxy groups -OCH3 is 1. The number of ether oxygens (including phenoxy) is 1. The van der Waals surface area contributed by atoms with E-state index in [-0.39, 0.29) is 11.5 Å². The summed E-state index contributed by atoms with van der Waals surface area (Å²) in [5, 5.41) is 31.0. The number of benzene rings is 2. The van der Waals surface area contributed by atoms with Gasteiger partial charge in [0.05, 0.1) is 13.2 Å². The van der Waals surface area contributed by atoms with Crippen LogP contribution in [0.2, 0.25) is 0 Å². The molecule has 3 N–H and O–H groups in total. The normalized spacial score (nSPS) is 11.4. The Kier molecular flexibility index (Phi) is 3.96. The maximum atomic E-state index is 9.48. The third-order valence-corrected chi connectivity index (χ3v) is 2.86. The van der Waals surface area contributed by atoms with Gasteiger partial charge in [-0.15, -0.1) is 0 Å². The van der Waals surface area contributed by atoms with Gasteiger partial charge in [-0.1, -0.05) is 6.07 Å². The molecule has 0 aliphatic rings. The molecule has 5 heteroatoms. The average molecular weight is 270 g/mol. The van der Waals surface area contributed by atoms with Gasteiger partial charge in [0, 0.05) is 5.69 Å². The second-order valence-corrected chi connectivity index (χ2v) is 4.18. The third-order valence-electron chi connectivity index (χ3n) is 2.86. The molecule has 0 spiro atoms. The molecule has 102 valence electrons. The van der Waals surface area contributed by atoms with Crippen LogP contribution < -0.4 is 10.1 Å². The van der Waals surface area contributed by atoms with Crippen molar-refractivity contribution in [1.29, 1.82) is 5.26 Å². The van der Waals surface area contributed by atoms with E-state index >= 15 is 0 Å². The Labute approximate surface area is 116 Å². The van der Waals surface area contributed by atoms with Crippen LogP contribution in [-0.4, -0.2) is 17.3 Å². The summed E-state index contributed by atoms with van der Waals surface area (Å²) < 4.78 is 5.06. The fraction of sp³-hybridized carbons (Fsp3) is 0.133. The topological polar surface area (TPSA) is 85.5 Å². The summed E-state index contributed by atoms with van der Waals surface area (Å²) in [5.74, 6) is 0.264. The van der Waals surface area contributed by atoms with Gasteiger partial charge >= 0.3 is 0 Å². The third kappa shape index (κ3) is 2.93. The number of nitriles is 1. The Bertz CT molecular complexity index is 633. The van der Waals surface area contributed by atoms with Crippen LogP contribution in [0.4, 0.5) is 5.69 Å². The highest BCUT2D eigenvalue weighted by molar-refractivity contribution is 5.51. The minimum Gasteiger partial charge on any atom is -0.504 e. The van der Waals surface area contributed by atoms with Gasteiger partial charge in [-0.05, 0) is 42.0 Å². The fourth-order valence-corrected chi connectivity index (χ4v) is 1.76. The van der Waals surface area contributed by atoms with Gasteiger partial charge in [0.2, 0.25) is 0 Å². The number of phenolic OH excluding ortho intramolecular Hbond substituents is 2. The number of anilines is 1. The van der Waals surface area contributed by atoms with Crippen LogP contribution in [0, 0.1) is 11.3 Å². The van der Waals surface area contributed by atoms with Gasteiger partial charge in [0.1, 0.15) is 11.8 Å². The first-order valence-electron chi connectivity index (χ1n) is 5.96. The SMILES string of the molecule is COc1ccc(NC(C#N)c2ccc(O)c(O)c2)cc1. The Morgan fingerprint density at radius 3 is 2.35 bits per heavy atom. The highest BCUT2D eigenvalue weighted by Crippen LogP contribution is 2.29. The first kappa shape index (κ1) is 13.6. The minimum absolute atomic E-state index is 0.213. The van der Waals surface area contributed by atoms with E-state index < -0.39 is 6.04 Å². The van der Waals surface area contributed by atoms with Crippen LogP contribution in [0.3, 0.4) is 0 Å². The molecule has 0 aliphatic heterocycles. The number of hydrogen-bond acceptors (Lipinski definition) is 5. The fourth-order valence-electron chi connectivity index (χ4n) is 1.76. The molecule has 2 rings (SSSR count). The lowest BCUT2D eigenvalue weighted by Crippen LogP contribution is -2.08. The molecule has 0 radical (unpaired) electrons. The lowest BCUT2D eigenvalue weighted by atomic mass is 10.1. The molecule has 0 heterocycles. The summed E-state index contributed by atoms with van der Waals surface area (Å²) in [7, 11) is 1.58. The smallest absolute Gasteiger partial charge is 0.157 e. The Morgan fingerprint density at radius 2 is 1.80 bits per heavy atom. The molecule has 0 bridgehead atoms. The summed E-state index contributed by atoms with van der Waals surface area (Å²) in [4.78, 5) is 0. The van der Waals surface area contributed by atoms with Crippen molar-refractivity contribution < 1.29 is 14.9 Å². The number of phenols is 2. The van der Waals surface area contributed by atoms with E-state index in [9.17, 15) is 15.5 Å². The maximum Gasteiger partial charge on any atom is 0.157 e. The van der Waals surface area contributed by atoms with E-state index in [1.165, 1.54) is 12.1 Å². The summed E-state index contributed by atoms with van der Waals surface area (Å²) in [6, 6.07) is 12.9. The lowest BCUT2D eigenvalue weighted by Gasteiger charge is -2.14. The monoisotopic (exact) mass is 270 g/mol. The molecule has 1 unspecified atom stereocenters. The summed E-state index contributed by atoms with van der Waals surface area (Å²) >= 11 is 0. The van der Waals surface area contributed by atoms with E-state index in [0.29, 0.717) is 5.56 Å². The lowest BCUT2D eigenvalue weighted by molar-refractivity contribution is 0.403. The van der Waals surface area contributed by atoms with Gasteiger partial charge in [0.15, 0.2) is 11.5 Å². The predicted octanol–water partition coefficient (Wildman–Crippen LogP) is 2.78. The number of nitrogens with one attached hydrogen (secondary N) is 1. The zero-order chi connectivity index (χ0) is 14.5. The van der Waals surface area contributed by atoms with Crippen molar-refractivity contribution in [3.63, 3.8) is 0 Å². The molecule has 0 saturated heterocycles. The molecule has 0 fully saturated rings. The standard InChI is InChI=1S/C15H14N2O3/c1-20-12-5-3-11(4-6-12)17-13(9-16)10-2-7-14(18)15(19)8-10/h2-8,13,17-19H,1H3. The second kappa shape index (κ2) is 5.85. The first-order valence-corrected chi connectivity index (χ1v) is 5.96. The molecule has 2 aromatic rings. The van der Waals surface area contributed by atoms with Crippen molar-refractivity contribution in [2.75, 3.05) is 12.4 Å². The molecular weight excluding hydrogens is 256 g/mol. The molecule has 0 amide bonds. The Morgan fingerprint density at radius 1 is 1.10 bits per heavy atom. The highest BCUT2D eigenvalue weighted by Gasteiger charge is 2.12. The van der Waals surface area contributed by atoms with Crippen molar-refractivity contribution in [2.45, 2.75) is 6.04 Å². The van der Waals surface area contributed by atoms with E-state index in [1.807, 2.05) is 0 Å². The quantitative estimate of drug-likeness (QED) is 0.744. The zero-order valence-electron chi connectivity index (χ0n) is 10.9. The van der Waals surface area contributed by atoms with Crippen LogP contribution >= 0.6 is 0 Å². The van der Waals surface area contributed by atoms with Crippen LogP contribution in [-0.2, 0) is 0 Å². The van der Waals surface area contributed by atoms with E-state index in [4.69, 9.17) is 4.74 Å². The van der Waals surface area contributed by atoms with E-state index in [0.717, 1.165) is 11.4 Å². The number of hydrogen-bond donors (Lipinski definition) is 3. The van der Waals surface area contributed by atoms with Crippen molar-refractivity contribution >= 4 is 5.69 Å². The molecular formula is C15H14N2O3. The molecule has 20 heavy (non-hydrogen) atoms. The first-order chi connectivity index (χ1) is 9.63. The van der Waals surface area contributed by atoms with Crippen molar-refractivity contribution in [2.24, 2.45) is 0 Å². The predicted molar refractivity (Wildman–Crippen MR) is 74.7 cm³/mol. The van der Waals surface area contributed by atoms with Crippen molar-refractivity contribution in [3.8, 4) is 23.3 Å². The van der Waals surface area contributed by atoms with Crippen molar-refractivity contribution in [3.05, 3.63) is 48.0 Å². The number of rotatable bonds is 4. The van der Waals surface area contributed by atoms with Crippen LogP contribution in [0.25, 0.3) is 0 Å². The van der Waals surface area contributed by atoms with Gasteiger partial charge in [0.25, 0.3) is 0 Å². The molecule has 2 aromatic carbocycles. The van der Waals surface area contributed by atoms with Crippen molar-refractivity contribution in [1.82, 2.24) is 0 Å². The zero-order valence-corrected chi connectivity index (χ0v) is 10.9. The molecule has 0 aromatic heterocycles. The summed E-state index contributed by atoms with van der Waals surface area (Å²) in [6.07, 6.45) is 0. The van der Waals surface area contributed by atoms with Crippen LogP contribution in [0.5, 0.6) is 17.2 Å². The van der Waals surface area contributed by atoms with Crippen LogP contribution in [0.1, 0.15) is 11.6 Å². The second-order valence-electron chi connectivity index (χ2n) is 4.18. The van der Waals surface area contributed by atoms with Crippen LogP contribution in [0.15, 0.2) is 42.5 Å². The maximum absolute atomic E-state index is 9.48. The number of aromatic hydroxyl groups is 2. The molecule has 0 saturated carbocycles. The van der Waals surface area contributed by atoms with E-state index in [1.54, 1.807) is 37.4 Å². The molecule has 0 aliphatic carbocycles. The summed E-state index contributed by atoms with van der Waals surface area (Å²) in [6.45, 7) is 0. The van der Waals surface area contributed by atoms with Gasteiger partial charge in [-0.3, -0.25) is 0 Å². The molecule has 5 nitrogen and oxygen atoms in total. The Balaban J connectivity index is 2.19. The minimum atomic E-state index is -0.630.